The summed E-state index contributed by atoms with van der Waals surface area (Å²) in [5.41, 5.74) is 3.47. The highest BCUT2D eigenvalue weighted by molar-refractivity contribution is 5.47. The molecule has 2 atom stereocenters. The van der Waals surface area contributed by atoms with Crippen LogP contribution in [-0.2, 0) is 0 Å². The molecule has 1 aliphatic carbocycles. The third-order valence-electron chi connectivity index (χ3n) is 3.76. The number of hydrogen-bond acceptors (Lipinski definition) is 5. The Morgan fingerprint density at radius 1 is 1.11 bits per heavy atom. The summed E-state index contributed by atoms with van der Waals surface area (Å²) in [4.78, 5) is 8.64. The van der Waals surface area contributed by atoms with Crippen molar-refractivity contribution in [1.82, 2.24) is 9.97 Å². The van der Waals surface area contributed by atoms with Crippen LogP contribution in [0.3, 0.4) is 0 Å². The molecule has 19 heavy (non-hydrogen) atoms. The predicted molar refractivity (Wildman–Crippen MR) is 75.9 cm³/mol. The summed E-state index contributed by atoms with van der Waals surface area (Å²) in [6.07, 6.45) is 3.73. The number of anilines is 1. The van der Waals surface area contributed by atoms with Gasteiger partial charge in [0.25, 0.3) is 0 Å². The van der Waals surface area contributed by atoms with E-state index in [2.05, 4.69) is 29.2 Å². The van der Waals surface area contributed by atoms with Gasteiger partial charge in [-0.3, -0.25) is 0 Å². The molecule has 0 radical (unpaired) electrons. The summed E-state index contributed by atoms with van der Waals surface area (Å²) < 4.78 is 6.10. The van der Waals surface area contributed by atoms with Crippen molar-refractivity contribution < 1.29 is 4.74 Å². The minimum atomic E-state index is 0.248. The molecule has 2 rings (SSSR count). The molecule has 1 saturated carbocycles. The summed E-state index contributed by atoms with van der Waals surface area (Å²) in [6, 6.07) is 0. The van der Waals surface area contributed by atoms with Crippen molar-refractivity contribution in [3.05, 3.63) is 11.4 Å². The van der Waals surface area contributed by atoms with Crippen molar-refractivity contribution in [3.63, 3.8) is 0 Å². The van der Waals surface area contributed by atoms with Crippen molar-refractivity contribution in [3.8, 4) is 5.88 Å². The molecule has 0 aliphatic heterocycles. The van der Waals surface area contributed by atoms with E-state index in [9.17, 15) is 0 Å². The molecule has 0 spiro atoms. The van der Waals surface area contributed by atoms with Crippen molar-refractivity contribution in [2.75, 3.05) is 5.43 Å². The van der Waals surface area contributed by atoms with Gasteiger partial charge in [-0.2, -0.15) is 4.98 Å². The van der Waals surface area contributed by atoms with Gasteiger partial charge in [0.05, 0.1) is 5.56 Å². The van der Waals surface area contributed by atoms with Gasteiger partial charge in [-0.15, -0.1) is 0 Å². The lowest BCUT2D eigenvalue weighted by Crippen LogP contribution is -2.29. The van der Waals surface area contributed by atoms with Crippen LogP contribution in [0.25, 0.3) is 0 Å². The van der Waals surface area contributed by atoms with Crippen LogP contribution in [0.4, 0.5) is 5.82 Å². The fourth-order valence-electron chi connectivity index (χ4n) is 2.99. The van der Waals surface area contributed by atoms with E-state index in [0.29, 0.717) is 29.4 Å². The van der Waals surface area contributed by atoms with Gasteiger partial charge in [-0.05, 0) is 44.9 Å². The Bertz CT molecular complexity index is 439. The molecule has 5 heteroatoms. The Kier molecular flexibility index (Phi) is 4.24. The van der Waals surface area contributed by atoms with E-state index in [1.54, 1.807) is 0 Å². The van der Waals surface area contributed by atoms with Crippen molar-refractivity contribution in [1.29, 1.82) is 0 Å². The monoisotopic (exact) mass is 264 g/mol. The minimum absolute atomic E-state index is 0.248. The lowest BCUT2D eigenvalue weighted by molar-refractivity contribution is 0.0957. The van der Waals surface area contributed by atoms with Crippen LogP contribution >= 0.6 is 0 Å². The molecule has 1 fully saturated rings. The number of nitrogens with zero attached hydrogens (tertiary/aromatic N) is 2. The first kappa shape index (κ1) is 14.1. The van der Waals surface area contributed by atoms with Gasteiger partial charge in [-0.1, -0.05) is 13.8 Å². The third-order valence-corrected chi connectivity index (χ3v) is 3.76. The lowest BCUT2D eigenvalue weighted by atomic mass is 9.82. The Labute approximate surface area is 114 Å². The van der Waals surface area contributed by atoms with E-state index in [4.69, 9.17) is 10.6 Å². The highest BCUT2D eigenvalue weighted by Gasteiger charge is 2.26. The maximum Gasteiger partial charge on any atom is 0.222 e. The summed E-state index contributed by atoms with van der Waals surface area (Å²) in [6.45, 7) is 8.35. The maximum absolute atomic E-state index is 6.10. The van der Waals surface area contributed by atoms with E-state index >= 15 is 0 Å². The van der Waals surface area contributed by atoms with Crippen LogP contribution in [0.2, 0.25) is 0 Å². The molecule has 1 aromatic heterocycles. The van der Waals surface area contributed by atoms with Gasteiger partial charge in [0.2, 0.25) is 5.88 Å². The number of nitrogens with one attached hydrogen (secondary N) is 1. The zero-order valence-electron chi connectivity index (χ0n) is 12.2. The number of hydrogen-bond donors (Lipinski definition) is 2. The molecular weight excluding hydrogens is 240 g/mol. The van der Waals surface area contributed by atoms with E-state index < -0.39 is 0 Å². The normalized spacial score (nSPS) is 27.1. The van der Waals surface area contributed by atoms with Gasteiger partial charge in [0.15, 0.2) is 0 Å². The number of rotatable bonds is 3. The zero-order chi connectivity index (χ0) is 14.0. The second-order valence-corrected chi connectivity index (χ2v) is 5.85. The predicted octanol–water partition coefficient (Wildman–Crippen LogP) is 2.58. The number of nitrogens with two attached hydrogens (primary N) is 1. The van der Waals surface area contributed by atoms with Crippen molar-refractivity contribution in [2.24, 2.45) is 17.7 Å². The number of nitrogen functional groups attached to an aromatic ring is 1. The van der Waals surface area contributed by atoms with Crippen LogP contribution in [0.1, 0.15) is 44.5 Å². The van der Waals surface area contributed by atoms with Crippen LogP contribution in [0.5, 0.6) is 5.88 Å². The number of aryl methyl sites for hydroxylation is 1. The van der Waals surface area contributed by atoms with Gasteiger partial charge < -0.3 is 10.2 Å². The Morgan fingerprint density at radius 2 is 1.74 bits per heavy atom. The molecule has 2 unspecified atom stereocenters. The molecule has 3 N–H and O–H groups in total. The summed E-state index contributed by atoms with van der Waals surface area (Å²) >= 11 is 0. The first-order valence-electron chi connectivity index (χ1n) is 6.98. The molecule has 0 bridgehead atoms. The second kappa shape index (κ2) is 5.74. The fourth-order valence-corrected chi connectivity index (χ4v) is 2.99. The summed E-state index contributed by atoms with van der Waals surface area (Å²) in [7, 11) is 0. The number of hydrazine groups is 1. The molecule has 1 aromatic rings. The largest absolute Gasteiger partial charge is 0.474 e. The highest BCUT2D eigenvalue weighted by atomic mass is 16.5. The highest BCUT2D eigenvalue weighted by Crippen LogP contribution is 2.32. The Morgan fingerprint density at radius 3 is 2.32 bits per heavy atom. The Balaban J connectivity index is 2.16. The average molecular weight is 264 g/mol. The van der Waals surface area contributed by atoms with Crippen LogP contribution in [-0.4, -0.2) is 16.1 Å². The Hall–Kier alpha value is -1.36. The first-order valence-corrected chi connectivity index (χ1v) is 6.98. The standard InChI is InChI=1S/C14H24N4O/c1-8-5-9(2)7-12(6-8)19-14-10(3)13(18-15)16-11(4)17-14/h8-9,12H,5-7,15H2,1-4H3,(H,16,17,18). The van der Waals surface area contributed by atoms with E-state index in [-0.39, 0.29) is 6.10 Å². The van der Waals surface area contributed by atoms with Gasteiger partial charge in [-0.25, -0.2) is 10.8 Å². The van der Waals surface area contributed by atoms with E-state index in [1.807, 2.05) is 13.8 Å². The molecule has 0 amide bonds. The SMILES string of the molecule is Cc1nc(NN)c(C)c(OC2CC(C)CC(C)C2)n1. The molecule has 5 nitrogen and oxygen atoms in total. The smallest absolute Gasteiger partial charge is 0.222 e. The minimum Gasteiger partial charge on any atom is -0.474 e. The molecule has 1 heterocycles. The van der Waals surface area contributed by atoms with Crippen molar-refractivity contribution in [2.45, 2.75) is 53.1 Å². The van der Waals surface area contributed by atoms with E-state index in [0.717, 1.165) is 18.4 Å². The average Bonchev–Trinajstić information content (AvgIpc) is 2.32. The summed E-state index contributed by atoms with van der Waals surface area (Å²) in [5, 5.41) is 0. The molecule has 0 aromatic carbocycles. The van der Waals surface area contributed by atoms with Crippen LogP contribution in [0, 0.1) is 25.7 Å². The molecule has 0 saturated heterocycles. The maximum atomic E-state index is 6.10. The van der Waals surface area contributed by atoms with Gasteiger partial charge in [0.1, 0.15) is 17.7 Å². The van der Waals surface area contributed by atoms with Crippen LogP contribution < -0.4 is 16.0 Å². The topological polar surface area (TPSA) is 73.1 Å². The second-order valence-electron chi connectivity index (χ2n) is 5.85. The zero-order valence-corrected chi connectivity index (χ0v) is 12.2. The molecular formula is C14H24N4O. The molecule has 1 aliphatic rings. The van der Waals surface area contributed by atoms with Gasteiger partial charge in [0, 0.05) is 0 Å². The summed E-state index contributed by atoms with van der Waals surface area (Å²) in [5.74, 6) is 8.86. The molecule has 106 valence electrons. The number of ether oxygens (including phenoxy) is 1. The fraction of sp³-hybridized carbons (Fsp3) is 0.714. The van der Waals surface area contributed by atoms with Crippen molar-refractivity contribution >= 4 is 5.82 Å². The van der Waals surface area contributed by atoms with Gasteiger partial charge >= 0.3 is 0 Å². The lowest BCUT2D eigenvalue weighted by Gasteiger charge is -2.31. The third kappa shape index (κ3) is 3.35. The number of aromatic nitrogens is 2. The quantitative estimate of drug-likeness (QED) is 0.648. The van der Waals surface area contributed by atoms with E-state index in [1.165, 1.54) is 6.42 Å². The first-order chi connectivity index (χ1) is 8.99. The van der Waals surface area contributed by atoms with Crippen LogP contribution in [0.15, 0.2) is 0 Å².